The quantitative estimate of drug-likeness (QED) is 0.330. The SMILES string of the molecule is Cl.NC(N)=NN=Cc1ccc2c(ccc3ccccc32)c1. The molecule has 0 spiro atoms. The topological polar surface area (TPSA) is 76.8 Å². The third kappa shape index (κ3) is 3.12. The Labute approximate surface area is 128 Å². The van der Waals surface area contributed by atoms with Gasteiger partial charge in [0.25, 0.3) is 0 Å². The van der Waals surface area contributed by atoms with Crippen molar-refractivity contribution in [3.05, 3.63) is 60.2 Å². The van der Waals surface area contributed by atoms with E-state index in [0.717, 1.165) is 10.9 Å². The summed E-state index contributed by atoms with van der Waals surface area (Å²) in [6.07, 6.45) is 1.63. The molecule has 4 N–H and O–H groups in total. The first kappa shape index (κ1) is 14.8. The summed E-state index contributed by atoms with van der Waals surface area (Å²) < 4.78 is 0. The van der Waals surface area contributed by atoms with E-state index in [2.05, 4.69) is 52.7 Å². The molecule has 5 heteroatoms. The van der Waals surface area contributed by atoms with Crippen LogP contribution in [0.2, 0.25) is 0 Å². The van der Waals surface area contributed by atoms with E-state index in [1.807, 2.05) is 12.1 Å². The number of halogens is 1. The Morgan fingerprint density at radius 1 is 0.857 bits per heavy atom. The van der Waals surface area contributed by atoms with Crippen LogP contribution in [0.3, 0.4) is 0 Å². The van der Waals surface area contributed by atoms with Crippen molar-refractivity contribution in [2.45, 2.75) is 0 Å². The molecule has 0 fully saturated rings. The second-order valence-electron chi connectivity index (χ2n) is 4.54. The highest BCUT2D eigenvalue weighted by molar-refractivity contribution is 6.08. The summed E-state index contributed by atoms with van der Waals surface area (Å²) >= 11 is 0. The second kappa shape index (κ2) is 6.24. The van der Waals surface area contributed by atoms with Crippen molar-refractivity contribution in [2.75, 3.05) is 0 Å². The highest BCUT2D eigenvalue weighted by Crippen LogP contribution is 2.25. The molecular weight excluding hydrogens is 284 g/mol. The molecule has 0 aliphatic carbocycles. The predicted octanol–water partition coefficient (Wildman–Crippen LogP) is 3.02. The van der Waals surface area contributed by atoms with Crippen LogP contribution in [0.15, 0.2) is 64.8 Å². The fraction of sp³-hybridized carbons (Fsp3) is 0. The lowest BCUT2D eigenvalue weighted by molar-refractivity contribution is 1.22. The van der Waals surface area contributed by atoms with Crippen molar-refractivity contribution < 1.29 is 0 Å². The van der Waals surface area contributed by atoms with Gasteiger partial charge in [0.1, 0.15) is 0 Å². The minimum absolute atomic E-state index is 0. The van der Waals surface area contributed by atoms with Crippen LogP contribution in [0.25, 0.3) is 21.5 Å². The summed E-state index contributed by atoms with van der Waals surface area (Å²) in [6.45, 7) is 0. The normalized spacial score (nSPS) is 10.7. The van der Waals surface area contributed by atoms with Gasteiger partial charge in [-0.05, 0) is 33.2 Å². The number of nitrogens with zero attached hydrogens (tertiary/aromatic N) is 2. The van der Waals surface area contributed by atoms with Crippen molar-refractivity contribution in [3.63, 3.8) is 0 Å². The van der Waals surface area contributed by atoms with E-state index < -0.39 is 0 Å². The van der Waals surface area contributed by atoms with Gasteiger partial charge in [-0.1, -0.05) is 48.5 Å². The van der Waals surface area contributed by atoms with E-state index in [1.54, 1.807) is 6.21 Å². The Hall–Kier alpha value is -2.59. The van der Waals surface area contributed by atoms with Gasteiger partial charge in [-0.2, -0.15) is 5.10 Å². The van der Waals surface area contributed by atoms with Gasteiger partial charge in [-0.25, -0.2) is 0 Å². The van der Waals surface area contributed by atoms with Crippen LogP contribution in [0.4, 0.5) is 0 Å². The lowest BCUT2D eigenvalue weighted by Gasteiger charge is -2.04. The Bertz CT molecular complexity index is 836. The van der Waals surface area contributed by atoms with E-state index in [-0.39, 0.29) is 18.4 Å². The van der Waals surface area contributed by atoms with Crippen LogP contribution >= 0.6 is 12.4 Å². The largest absolute Gasteiger partial charge is 0.369 e. The third-order valence-corrected chi connectivity index (χ3v) is 3.15. The average molecular weight is 299 g/mol. The molecule has 3 aromatic carbocycles. The van der Waals surface area contributed by atoms with E-state index in [0.29, 0.717) is 0 Å². The predicted molar refractivity (Wildman–Crippen MR) is 92.1 cm³/mol. The number of benzene rings is 3. The fourth-order valence-electron chi connectivity index (χ4n) is 2.27. The number of rotatable bonds is 2. The van der Waals surface area contributed by atoms with Crippen molar-refractivity contribution in [2.24, 2.45) is 21.7 Å². The van der Waals surface area contributed by atoms with Crippen LogP contribution < -0.4 is 11.5 Å². The summed E-state index contributed by atoms with van der Waals surface area (Å²) in [4.78, 5) is 0. The minimum atomic E-state index is -0.0481. The monoisotopic (exact) mass is 298 g/mol. The van der Waals surface area contributed by atoms with E-state index in [4.69, 9.17) is 11.5 Å². The van der Waals surface area contributed by atoms with Gasteiger partial charge in [-0.15, -0.1) is 17.5 Å². The number of hydrogen-bond donors (Lipinski definition) is 2. The first-order valence-corrected chi connectivity index (χ1v) is 6.27. The van der Waals surface area contributed by atoms with Crippen molar-refractivity contribution >= 4 is 46.1 Å². The molecule has 0 aromatic heterocycles. The molecule has 0 amide bonds. The number of hydrogen-bond acceptors (Lipinski definition) is 2. The van der Waals surface area contributed by atoms with E-state index in [1.165, 1.54) is 16.2 Å². The molecule has 0 bridgehead atoms. The van der Waals surface area contributed by atoms with Crippen molar-refractivity contribution in [1.29, 1.82) is 0 Å². The highest BCUT2D eigenvalue weighted by Gasteiger charge is 2.00. The summed E-state index contributed by atoms with van der Waals surface area (Å²) in [5, 5.41) is 12.3. The molecule has 3 rings (SSSR count). The van der Waals surface area contributed by atoms with Gasteiger partial charge in [0.15, 0.2) is 0 Å². The Morgan fingerprint density at radius 2 is 1.57 bits per heavy atom. The highest BCUT2D eigenvalue weighted by atomic mass is 35.5. The molecule has 0 heterocycles. The first-order valence-electron chi connectivity index (χ1n) is 6.27. The summed E-state index contributed by atoms with van der Waals surface area (Å²) in [6, 6.07) is 18.7. The number of fused-ring (bicyclic) bond motifs is 3. The maximum Gasteiger partial charge on any atom is 0.211 e. The van der Waals surface area contributed by atoms with Crippen LogP contribution in [-0.4, -0.2) is 12.2 Å². The molecule has 0 radical (unpaired) electrons. The van der Waals surface area contributed by atoms with E-state index in [9.17, 15) is 0 Å². The van der Waals surface area contributed by atoms with Gasteiger partial charge in [-0.3, -0.25) is 0 Å². The molecule has 21 heavy (non-hydrogen) atoms. The number of nitrogens with two attached hydrogens (primary N) is 2. The standard InChI is InChI=1S/C16H14N4.ClH/c17-16(18)20-19-10-11-5-8-15-13(9-11)7-6-12-3-1-2-4-14(12)15;/h1-10H,(H4,17,18,20);1H. The zero-order chi connectivity index (χ0) is 13.9. The number of guanidine groups is 1. The fourth-order valence-corrected chi connectivity index (χ4v) is 2.27. The molecule has 4 nitrogen and oxygen atoms in total. The lowest BCUT2D eigenvalue weighted by Crippen LogP contribution is -2.21. The maximum atomic E-state index is 5.22. The minimum Gasteiger partial charge on any atom is -0.369 e. The Balaban J connectivity index is 0.00000161. The van der Waals surface area contributed by atoms with Crippen LogP contribution in [0.5, 0.6) is 0 Å². The maximum absolute atomic E-state index is 5.22. The van der Waals surface area contributed by atoms with Gasteiger partial charge in [0, 0.05) is 0 Å². The zero-order valence-corrected chi connectivity index (χ0v) is 12.0. The molecule has 0 saturated carbocycles. The Morgan fingerprint density at radius 3 is 2.38 bits per heavy atom. The molecule has 106 valence electrons. The third-order valence-electron chi connectivity index (χ3n) is 3.15. The molecule has 0 aliphatic rings. The van der Waals surface area contributed by atoms with Gasteiger partial charge >= 0.3 is 0 Å². The van der Waals surface area contributed by atoms with Crippen LogP contribution in [-0.2, 0) is 0 Å². The van der Waals surface area contributed by atoms with Crippen molar-refractivity contribution in [1.82, 2.24) is 0 Å². The van der Waals surface area contributed by atoms with Crippen LogP contribution in [0, 0.1) is 0 Å². The zero-order valence-electron chi connectivity index (χ0n) is 11.2. The van der Waals surface area contributed by atoms with E-state index >= 15 is 0 Å². The summed E-state index contributed by atoms with van der Waals surface area (Å²) in [5.74, 6) is -0.0481. The van der Waals surface area contributed by atoms with Gasteiger partial charge < -0.3 is 11.5 Å². The summed E-state index contributed by atoms with van der Waals surface area (Å²) in [5.41, 5.74) is 11.4. The van der Waals surface area contributed by atoms with Crippen LogP contribution in [0.1, 0.15) is 5.56 Å². The molecule has 0 atom stereocenters. The molecule has 0 unspecified atom stereocenters. The molecule has 3 aromatic rings. The van der Waals surface area contributed by atoms with Gasteiger partial charge in [0.2, 0.25) is 5.96 Å². The summed E-state index contributed by atoms with van der Waals surface area (Å²) in [7, 11) is 0. The second-order valence-corrected chi connectivity index (χ2v) is 4.54. The molecule has 0 saturated heterocycles. The molecular formula is C16H15ClN4. The van der Waals surface area contributed by atoms with Gasteiger partial charge in [0.05, 0.1) is 6.21 Å². The first-order chi connectivity index (χ1) is 9.74. The smallest absolute Gasteiger partial charge is 0.211 e. The lowest BCUT2D eigenvalue weighted by atomic mass is 10.0. The Kier molecular flexibility index (Phi) is 4.40. The molecule has 0 aliphatic heterocycles. The van der Waals surface area contributed by atoms with Crippen molar-refractivity contribution in [3.8, 4) is 0 Å². The average Bonchev–Trinajstić information content (AvgIpc) is 2.46.